The van der Waals surface area contributed by atoms with E-state index in [1.807, 2.05) is 0 Å². The van der Waals surface area contributed by atoms with Crippen molar-refractivity contribution in [3.8, 4) is 0 Å². The molecule has 0 amide bonds. The maximum atomic E-state index is 14.0. The van der Waals surface area contributed by atoms with Gasteiger partial charge in [-0.05, 0) is 42.5 Å². The van der Waals surface area contributed by atoms with Crippen LogP contribution in [0.2, 0.25) is 5.02 Å². The number of nitrogens with zero attached hydrogens (tertiary/aromatic N) is 2. The van der Waals surface area contributed by atoms with Crippen LogP contribution in [0.3, 0.4) is 0 Å². The van der Waals surface area contributed by atoms with Crippen LogP contribution in [0.15, 0.2) is 29.4 Å². The van der Waals surface area contributed by atoms with E-state index in [0.717, 1.165) is 16.5 Å². The number of H-pyrrole nitrogens is 1. The summed E-state index contributed by atoms with van der Waals surface area (Å²) in [5.74, 6) is -2.09. The van der Waals surface area contributed by atoms with Gasteiger partial charge in [0.25, 0.3) is 0 Å². The number of pyridine rings is 1. The number of sulfonamides is 1. The second-order valence-corrected chi connectivity index (χ2v) is 8.24. The van der Waals surface area contributed by atoms with Crippen LogP contribution < -0.4 is 4.72 Å². The highest BCUT2D eigenvalue weighted by molar-refractivity contribution is 7.89. The zero-order valence-electron chi connectivity index (χ0n) is 13.3. The minimum absolute atomic E-state index is 0.403. The van der Waals surface area contributed by atoms with Gasteiger partial charge in [0, 0.05) is 17.6 Å². The van der Waals surface area contributed by atoms with Gasteiger partial charge >= 0.3 is 0 Å². The van der Waals surface area contributed by atoms with Crippen LogP contribution in [0, 0.1) is 11.6 Å². The monoisotopic (exact) mass is 398 g/mol. The first-order valence-corrected chi connectivity index (χ1v) is 9.68. The Morgan fingerprint density at radius 1 is 1.23 bits per heavy atom. The molecule has 1 aromatic carbocycles. The molecule has 4 rings (SSSR count). The molecule has 2 N–H and O–H groups in total. The summed E-state index contributed by atoms with van der Waals surface area (Å²) in [6, 6.07) is 0.797. The third-order valence-corrected chi connectivity index (χ3v) is 6.30. The van der Waals surface area contributed by atoms with Crippen molar-refractivity contribution in [2.24, 2.45) is 0 Å². The van der Waals surface area contributed by atoms with Crippen molar-refractivity contribution in [1.29, 1.82) is 0 Å². The van der Waals surface area contributed by atoms with E-state index in [9.17, 15) is 17.2 Å². The van der Waals surface area contributed by atoms with Gasteiger partial charge in [0.15, 0.2) is 5.65 Å². The molecule has 3 aromatic rings. The lowest BCUT2D eigenvalue weighted by atomic mass is 9.88. The summed E-state index contributed by atoms with van der Waals surface area (Å²) in [5, 5.41) is 7.20. The number of aryl methyl sites for hydroxylation is 1. The summed E-state index contributed by atoms with van der Waals surface area (Å²) in [6.45, 7) is 0. The molecular formula is C16H13ClF2N4O2S. The fourth-order valence-electron chi connectivity index (χ4n) is 3.24. The van der Waals surface area contributed by atoms with E-state index in [-0.39, 0.29) is 0 Å². The number of aromatic nitrogens is 3. The summed E-state index contributed by atoms with van der Waals surface area (Å²) in [5.41, 5.74) is 2.66. The maximum absolute atomic E-state index is 14.0. The highest BCUT2D eigenvalue weighted by Gasteiger charge is 2.28. The predicted octanol–water partition coefficient (Wildman–Crippen LogP) is 2.73. The zero-order valence-corrected chi connectivity index (χ0v) is 14.8. The molecule has 0 spiro atoms. The topological polar surface area (TPSA) is 87.7 Å². The first-order valence-electron chi connectivity index (χ1n) is 7.82. The smallest absolute Gasteiger partial charge is 0.243 e. The SMILES string of the molecule is O=S(=O)(NC1CCc2c(cnc3[nH]ncc23)C1)c1cc(F)c(Cl)cc1F. The number of hydrogen-bond donors (Lipinski definition) is 2. The van der Waals surface area contributed by atoms with Gasteiger partial charge in [-0.1, -0.05) is 11.6 Å². The second-order valence-electron chi connectivity index (χ2n) is 6.15. The van der Waals surface area contributed by atoms with Gasteiger partial charge in [0.1, 0.15) is 16.5 Å². The Labute approximate surface area is 152 Å². The average molecular weight is 399 g/mol. The molecule has 0 aliphatic heterocycles. The second kappa shape index (κ2) is 6.26. The molecule has 26 heavy (non-hydrogen) atoms. The van der Waals surface area contributed by atoms with Crippen molar-refractivity contribution in [1.82, 2.24) is 19.9 Å². The maximum Gasteiger partial charge on any atom is 0.243 e. The number of rotatable bonds is 3. The molecule has 0 radical (unpaired) electrons. The zero-order chi connectivity index (χ0) is 18.5. The minimum atomic E-state index is -4.23. The Balaban J connectivity index is 1.61. The molecule has 10 heteroatoms. The molecule has 1 aliphatic rings. The standard InChI is InChI=1S/C16H13ClF2N4O2S/c17-12-4-14(19)15(5-13(12)18)26(24,25)23-9-1-2-10-8(3-9)6-20-16-11(10)7-21-22-16/h4-7,9,23H,1-3H2,(H,20,21,22). The summed E-state index contributed by atoms with van der Waals surface area (Å²) in [6.07, 6.45) is 4.92. The van der Waals surface area contributed by atoms with E-state index in [4.69, 9.17) is 11.6 Å². The molecule has 1 aliphatic carbocycles. The van der Waals surface area contributed by atoms with Crippen molar-refractivity contribution in [3.63, 3.8) is 0 Å². The Morgan fingerprint density at radius 2 is 2.04 bits per heavy atom. The number of benzene rings is 1. The number of nitrogens with one attached hydrogen (secondary N) is 2. The number of halogens is 3. The fourth-order valence-corrected chi connectivity index (χ4v) is 4.73. The van der Waals surface area contributed by atoms with Crippen LogP contribution >= 0.6 is 11.6 Å². The number of hydrogen-bond acceptors (Lipinski definition) is 4. The Hall–Kier alpha value is -2.10. The lowest BCUT2D eigenvalue weighted by molar-refractivity contribution is 0.500. The van der Waals surface area contributed by atoms with Gasteiger partial charge in [0.2, 0.25) is 10.0 Å². The summed E-state index contributed by atoms with van der Waals surface area (Å²) < 4.78 is 54.9. The Kier molecular flexibility index (Phi) is 4.17. The fraction of sp³-hybridized carbons (Fsp3) is 0.250. The van der Waals surface area contributed by atoms with Crippen LogP contribution in [-0.2, 0) is 22.9 Å². The van der Waals surface area contributed by atoms with Crippen LogP contribution in [0.1, 0.15) is 17.5 Å². The van der Waals surface area contributed by atoms with Gasteiger partial charge in [-0.15, -0.1) is 0 Å². The molecule has 0 bridgehead atoms. The van der Waals surface area contributed by atoms with Crippen molar-refractivity contribution < 1.29 is 17.2 Å². The molecule has 1 unspecified atom stereocenters. The largest absolute Gasteiger partial charge is 0.261 e. The van der Waals surface area contributed by atoms with Crippen LogP contribution in [0.4, 0.5) is 8.78 Å². The van der Waals surface area contributed by atoms with Crippen molar-refractivity contribution in [3.05, 3.63) is 52.3 Å². The van der Waals surface area contributed by atoms with Crippen LogP contribution in [0.25, 0.3) is 11.0 Å². The number of fused-ring (bicyclic) bond motifs is 3. The van der Waals surface area contributed by atoms with E-state index in [0.29, 0.717) is 37.0 Å². The summed E-state index contributed by atoms with van der Waals surface area (Å²) in [7, 11) is -4.23. The van der Waals surface area contributed by atoms with Crippen molar-refractivity contribution >= 4 is 32.7 Å². The molecule has 0 saturated carbocycles. The third kappa shape index (κ3) is 2.95. The lowest BCUT2D eigenvalue weighted by Crippen LogP contribution is -2.39. The normalized spacial score (nSPS) is 17.4. The first-order chi connectivity index (χ1) is 12.3. The van der Waals surface area contributed by atoms with Crippen molar-refractivity contribution in [2.45, 2.75) is 30.2 Å². The van der Waals surface area contributed by atoms with Crippen LogP contribution in [-0.4, -0.2) is 29.6 Å². The first kappa shape index (κ1) is 17.3. The van der Waals surface area contributed by atoms with Gasteiger partial charge < -0.3 is 0 Å². The Bertz CT molecular complexity index is 1120. The van der Waals surface area contributed by atoms with E-state index in [2.05, 4.69) is 19.9 Å². The molecular weight excluding hydrogens is 386 g/mol. The average Bonchev–Trinajstić information content (AvgIpc) is 3.06. The van der Waals surface area contributed by atoms with Gasteiger partial charge in [-0.3, -0.25) is 5.10 Å². The predicted molar refractivity (Wildman–Crippen MR) is 91.4 cm³/mol. The lowest BCUT2D eigenvalue weighted by Gasteiger charge is -2.25. The van der Waals surface area contributed by atoms with Crippen LogP contribution in [0.5, 0.6) is 0 Å². The van der Waals surface area contributed by atoms with Gasteiger partial charge in [-0.25, -0.2) is 26.9 Å². The van der Waals surface area contributed by atoms with Crippen molar-refractivity contribution in [2.75, 3.05) is 0 Å². The van der Waals surface area contributed by atoms with E-state index in [1.165, 1.54) is 0 Å². The quantitative estimate of drug-likeness (QED) is 0.664. The number of aromatic amines is 1. The Morgan fingerprint density at radius 3 is 2.85 bits per heavy atom. The highest BCUT2D eigenvalue weighted by Crippen LogP contribution is 2.28. The molecule has 2 aromatic heterocycles. The summed E-state index contributed by atoms with van der Waals surface area (Å²) in [4.78, 5) is 3.50. The highest BCUT2D eigenvalue weighted by atomic mass is 35.5. The van der Waals surface area contributed by atoms with E-state index in [1.54, 1.807) is 12.4 Å². The molecule has 0 fully saturated rings. The molecule has 136 valence electrons. The third-order valence-electron chi connectivity index (χ3n) is 4.48. The van der Waals surface area contributed by atoms with Gasteiger partial charge in [0.05, 0.1) is 11.2 Å². The van der Waals surface area contributed by atoms with Gasteiger partial charge in [-0.2, -0.15) is 5.10 Å². The molecule has 2 heterocycles. The van der Waals surface area contributed by atoms with E-state index >= 15 is 0 Å². The molecule has 1 atom stereocenters. The minimum Gasteiger partial charge on any atom is -0.261 e. The molecule has 0 saturated heterocycles. The summed E-state index contributed by atoms with van der Waals surface area (Å²) >= 11 is 5.48. The van der Waals surface area contributed by atoms with E-state index < -0.39 is 37.6 Å². The molecule has 6 nitrogen and oxygen atoms in total.